The molecule has 0 spiro atoms. The molecule has 29 heavy (non-hydrogen) atoms. The smallest absolute Gasteiger partial charge is 0.303 e. The minimum absolute atomic E-state index is 0.232. The second kappa shape index (κ2) is 8.83. The largest absolute Gasteiger partial charge is 0.481 e. The van der Waals surface area contributed by atoms with Crippen LogP contribution in [0.15, 0.2) is 0 Å². The Labute approximate surface area is 173 Å². The van der Waals surface area contributed by atoms with Crippen LogP contribution in [0.2, 0.25) is 0 Å². The number of nitrogens with zero attached hydrogens (tertiary/aromatic N) is 5. The van der Waals surface area contributed by atoms with Crippen LogP contribution in [0, 0.1) is 5.92 Å². The molecule has 2 aliphatic heterocycles. The number of carboxylic acids is 1. The fraction of sp³-hybridized carbons (Fsp3) is 0.762. The van der Waals surface area contributed by atoms with Gasteiger partial charge in [0, 0.05) is 64.3 Å². The maximum Gasteiger partial charge on any atom is 0.303 e. The molecule has 4 rings (SSSR count). The number of hydrogen-bond acceptors (Lipinski definition) is 7. The average molecular weight is 403 g/mol. The molecule has 3 aliphatic rings. The number of piperazine rings is 1. The van der Waals surface area contributed by atoms with E-state index in [1.165, 1.54) is 11.3 Å². The molecule has 0 radical (unpaired) electrons. The summed E-state index contributed by atoms with van der Waals surface area (Å²) in [5.41, 5.74) is 2.45. The van der Waals surface area contributed by atoms with Crippen molar-refractivity contribution < 1.29 is 9.90 Å². The van der Waals surface area contributed by atoms with Gasteiger partial charge < -0.3 is 20.2 Å². The summed E-state index contributed by atoms with van der Waals surface area (Å²) < 4.78 is 0. The summed E-state index contributed by atoms with van der Waals surface area (Å²) in [6, 6.07) is 0.456. The molecule has 2 atom stereocenters. The van der Waals surface area contributed by atoms with E-state index in [0.29, 0.717) is 18.4 Å². The SMILES string of the molecule is CNc1nc(N2CC[C@H](N3CCN(C)CC3)[C@H](CCC(=O)O)C2)nc2c1CCC2. The van der Waals surface area contributed by atoms with Crippen LogP contribution in [0.25, 0.3) is 0 Å². The quantitative estimate of drug-likeness (QED) is 0.737. The highest BCUT2D eigenvalue weighted by atomic mass is 16.4. The standard InChI is InChI=1S/C21H34N6O2/c1-22-20-16-4-3-5-17(16)23-21(24-20)27-9-8-18(15(14-27)6-7-19(28)29)26-12-10-25(2)11-13-26/h15,18H,3-14H2,1-2H3,(H,28,29)(H,22,23,24)/t15-,18+/m1/s1. The molecule has 1 aliphatic carbocycles. The van der Waals surface area contributed by atoms with Gasteiger partial charge >= 0.3 is 5.97 Å². The molecule has 3 heterocycles. The second-order valence-corrected chi connectivity index (χ2v) is 8.73. The first kappa shape index (κ1) is 20.3. The van der Waals surface area contributed by atoms with Gasteiger partial charge in [0.15, 0.2) is 0 Å². The Morgan fingerprint density at radius 3 is 2.69 bits per heavy atom. The first-order valence-corrected chi connectivity index (χ1v) is 11.0. The molecule has 8 heteroatoms. The van der Waals surface area contributed by atoms with Crippen molar-refractivity contribution in [1.29, 1.82) is 0 Å². The number of aryl methyl sites for hydroxylation is 1. The van der Waals surface area contributed by atoms with Crippen LogP contribution in [-0.2, 0) is 17.6 Å². The first-order valence-electron chi connectivity index (χ1n) is 11.0. The van der Waals surface area contributed by atoms with Gasteiger partial charge in [0.05, 0.1) is 5.69 Å². The van der Waals surface area contributed by atoms with E-state index in [0.717, 1.165) is 76.7 Å². The lowest BCUT2D eigenvalue weighted by Crippen LogP contribution is -2.56. The summed E-state index contributed by atoms with van der Waals surface area (Å²) in [4.78, 5) is 28.2. The zero-order valence-electron chi connectivity index (χ0n) is 17.7. The molecule has 0 aromatic carbocycles. The Morgan fingerprint density at radius 2 is 1.97 bits per heavy atom. The summed E-state index contributed by atoms with van der Waals surface area (Å²) in [5.74, 6) is 1.40. The second-order valence-electron chi connectivity index (χ2n) is 8.73. The maximum absolute atomic E-state index is 11.3. The lowest BCUT2D eigenvalue weighted by atomic mass is 9.86. The highest BCUT2D eigenvalue weighted by Gasteiger charge is 2.35. The molecule has 0 saturated carbocycles. The van der Waals surface area contributed by atoms with Gasteiger partial charge in [-0.2, -0.15) is 4.98 Å². The van der Waals surface area contributed by atoms with E-state index in [4.69, 9.17) is 9.97 Å². The molecular weight excluding hydrogens is 368 g/mol. The van der Waals surface area contributed by atoms with Crippen LogP contribution in [0.4, 0.5) is 11.8 Å². The fourth-order valence-corrected chi connectivity index (χ4v) is 5.20. The van der Waals surface area contributed by atoms with Gasteiger partial charge in [0.1, 0.15) is 5.82 Å². The summed E-state index contributed by atoms with van der Waals surface area (Å²) in [5, 5.41) is 12.5. The van der Waals surface area contributed by atoms with Gasteiger partial charge in [-0.05, 0) is 45.1 Å². The monoisotopic (exact) mass is 402 g/mol. The summed E-state index contributed by atoms with van der Waals surface area (Å²) in [6.45, 7) is 6.10. The van der Waals surface area contributed by atoms with E-state index >= 15 is 0 Å². The van der Waals surface area contributed by atoms with Crippen molar-refractivity contribution in [2.75, 3.05) is 63.6 Å². The molecule has 0 bridgehead atoms. The van der Waals surface area contributed by atoms with E-state index in [9.17, 15) is 9.90 Å². The fourth-order valence-electron chi connectivity index (χ4n) is 5.20. The molecule has 160 valence electrons. The summed E-state index contributed by atoms with van der Waals surface area (Å²) in [7, 11) is 4.10. The molecule has 1 aromatic rings. The lowest BCUT2D eigenvalue weighted by molar-refractivity contribution is -0.137. The Morgan fingerprint density at radius 1 is 1.17 bits per heavy atom. The van der Waals surface area contributed by atoms with Gasteiger partial charge in [0.2, 0.25) is 5.95 Å². The van der Waals surface area contributed by atoms with E-state index in [1.807, 2.05) is 7.05 Å². The number of aromatic nitrogens is 2. The third kappa shape index (κ3) is 4.48. The molecule has 0 amide bonds. The Bertz CT molecular complexity index is 734. The molecule has 0 unspecified atom stereocenters. The number of likely N-dealkylation sites (N-methyl/N-ethyl adjacent to an activating group) is 1. The predicted molar refractivity (Wildman–Crippen MR) is 114 cm³/mol. The lowest BCUT2D eigenvalue weighted by Gasteiger charge is -2.46. The Kier molecular flexibility index (Phi) is 6.20. The average Bonchev–Trinajstić information content (AvgIpc) is 3.21. The normalized spacial score (nSPS) is 25.8. The van der Waals surface area contributed by atoms with Crippen molar-refractivity contribution in [3.63, 3.8) is 0 Å². The number of nitrogens with one attached hydrogen (secondary N) is 1. The zero-order valence-corrected chi connectivity index (χ0v) is 17.7. The van der Waals surface area contributed by atoms with Crippen molar-refractivity contribution in [2.45, 2.75) is 44.6 Å². The third-order valence-corrected chi connectivity index (χ3v) is 6.87. The number of hydrogen-bond donors (Lipinski definition) is 2. The third-order valence-electron chi connectivity index (χ3n) is 6.87. The summed E-state index contributed by atoms with van der Waals surface area (Å²) in [6.07, 6.45) is 5.22. The molecule has 2 saturated heterocycles. The number of fused-ring (bicyclic) bond motifs is 1. The van der Waals surface area contributed by atoms with Crippen LogP contribution in [-0.4, -0.2) is 90.2 Å². The van der Waals surface area contributed by atoms with E-state index < -0.39 is 5.97 Å². The maximum atomic E-state index is 11.3. The predicted octanol–water partition coefficient (Wildman–Crippen LogP) is 1.31. The van der Waals surface area contributed by atoms with Gasteiger partial charge in [-0.25, -0.2) is 4.98 Å². The van der Waals surface area contributed by atoms with E-state index in [-0.39, 0.29) is 6.42 Å². The highest BCUT2D eigenvalue weighted by Crippen LogP contribution is 2.32. The van der Waals surface area contributed by atoms with Crippen molar-refractivity contribution in [3.8, 4) is 0 Å². The van der Waals surface area contributed by atoms with Crippen molar-refractivity contribution >= 4 is 17.7 Å². The molecule has 2 N–H and O–H groups in total. The van der Waals surface area contributed by atoms with E-state index in [2.05, 4.69) is 27.1 Å². The van der Waals surface area contributed by atoms with Gasteiger partial charge in [-0.15, -0.1) is 0 Å². The number of anilines is 2. The van der Waals surface area contributed by atoms with Crippen molar-refractivity contribution in [2.24, 2.45) is 5.92 Å². The summed E-state index contributed by atoms with van der Waals surface area (Å²) >= 11 is 0. The topological polar surface area (TPSA) is 84.8 Å². The van der Waals surface area contributed by atoms with Crippen molar-refractivity contribution in [1.82, 2.24) is 19.8 Å². The van der Waals surface area contributed by atoms with Crippen LogP contribution >= 0.6 is 0 Å². The highest BCUT2D eigenvalue weighted by molar-refractivity contribution is 5.66. The minimum Gasteiger partial charge on any atom is -0.481 e. The number of rotatable bonds is 6. The van der Waals surface area contributed by atoms with Gasteiger partial charge in [-0.1, -0.05) is 0 Å². The van der Waals surface area contributed by atoms with Gasteiger partial charge in [-0.3, -0.25) is 9.69 Å². The zero-order chi connectivity index (χ0) is 20.4. The molecule has 2 fully saturated rings. The number of carbonyl (C=O) groups is 1. The molecule has 1 aromatic heterocycles. The first-order chi connectivity index (χ1) is 14.0. The minimum atomic E-state index is -0.703. The molecule has 8 nitrogen and oxygen atoms in total. The van der Waals surface area contributed by atoms with E-state index in [1.54, 1.807) is 0 Å². The van der Waals surface area contributed by atoms with Gasteiger partial charge in [0.25, 0.3) is 0 Å². The van der Waals surface area contributed by atoms with Crippen molar-refractivity contribution in [3.05, 3.63) is 11.3 Å². The number of carboxylic acid groups (broad SMARTS) is 1. The van der Waals surface area contributed by atoms with Crippen LogP contribution in [0.3, 0.4) is 0 Å². The van der Waals surface area contributed by atoms with Crippen LogP contribution < -0.4 is 10.2 Å². The Balaban J connectivity index is 1.51. The molecular formula is C21H34N6O2. The number of aliphatic carboxylic acids is 1. The van der Waals surface area contributed by atoms with Crippen LogP contribution in [0.5, 0.6) is 0 Å². The van der Waals surface area contributed by atoms with Crippen LogP contribution in [0.1, 0.15) is 36.9 Å². The Hall–Kier alpha value is -1.93. The number of piperidine rings is 1.